The second-order valence-electron chi connectivity index (χ2n) is 8.84. The zero-order valence-corrected chi connectivity index (χ0v) is 20.3. The van der Waals surface area contributed by atoms with Crippen LogP contribution in [0, 0.1) is 0 Å². The van der Waals surface area contributed by atoms with E-state index >= 15 is 0 Å². The van der Waals surface area contributed by atoms with E-state index in [1.807, 2.05) is 0 Å². The molecule has 1 heterocycles. The van der Waals surface area contributed by atoms with Gasteiger partial charge in [-0.1, -0.05) is 97.1 Å². The summed E-state index contributed by atoms with van der Waals surface area (Å²) in [5.74, 6) is 0. The van der Waals surface area contributed by atoms with Crippen LogP contribution in [-0.2, 0) is 0 Å². The molecule has 0 amide bonds. The molecule has 3 heteroatoms. The molecule has 0 radical (unpaired) electrons. The van der Waals surface area contributed by atoms with Crippen molar-refractivity contribution < 1.29 is 0 Å². The smallest absolute Gasteiger partial charge is 0.124 e. The molecule has 0 unspecified atom stereocenters. The number of benzene rings is 6. The van der Waals surface area contributed by atoms with Gasteiger partial charge in [0.1, 0.15) is 5.01 Å². The van der Waals surface area contributed by atoms with Gasteiger partial charge in [0.05, 0.1) is 10.2 Å². The number of aromatic nitrogens is 1. The van der Waals surface area contributed by atoms with E-state index in [0.717, 1.165) is 33.1 Å². The number of fused-ring (bicyclic) bond motifs is 6. The lowest BCUT2D eigenvalue weighted by Crippen LogP contribution is -2.09. The van der Waals surface area contributed by atoms with Crippen LogP contribution in [-0.4, -0.2) is 4.98 Å². The Balaban J connectivity index is 1.53. The van der Waals surface area contributed by atoms with Crippen molar-refractivity contribution in [2.45, 2.75) is 0 Å². The van der Waals surface area contributed by atoms with E-state index < -0.39 is 0 Å². The van der Waals surface area contributed by atoms with E-state index in [0.29, 0.717) is 0 Å². The molecule has 0 spiro atoms. The number of anilines is 3. The Morgan fingerprint density at radius 1 is 0.472 bits per heavy atom. The van der Waals surface area contributed by atoms with Gasteiger partial charge in [-0.15, -0.1) is 11.3 Å². The summed E-state index contributed by atoms with van der Waals surface area (Å²) in [6, 6.07) is 47.1. The van der Waals surface area contributed by atoms with Crippen molar-refractivity contribution in [3.8, 4) is 10.6 Å². The molecular weight excluding hydrogens is 456 g/mol. The Morgan fingerprint density at radius 2 is 1.03 bits per heavy atom. The van der Waals surface area contributed by atoms with Crippen LogP contribution >= 0.6 is 11.3 Å². The average molecular weight is 479 g/mol. The van der Waals surface area contributed by atoms with Gasteiger partial charge in [0.25, 0.3) is 0 Å². The third kappa shape index (κ3) is 3.44. The summed E-state index contributed by atoms with van der Waals surface area (Å²) in [4.78, 5) is 7.52. The van der Waals surface area contributed by atoms with Crippen molar-refractivity contribution in [1.29, 1.82) is 0 Å². The first-order chi connectivity index (χ1) is 17.9. The summed E-state index contributed by atoms with van der Waals surface area (Å²) >= 11 is 1.78. The Labute approximate surface area is 213 Å². The molecule has 0 saturated heterocycles. The van der Waals surface area contributed by atoms with Gasteiger partial charge in [-0.3, -0.25) is 0 Å². The van der Waals surface area contributed by atoms with E-state index in [9.17, 15) is 0 Å². The van der Waals surface area contributed by atoms with E-state index in [-0.39, 0.29) is 0 Å². The summed E-state index contributed by atoms with van der Waals surface area (Å²) in [5.41, 5.74) is 5.59. The molecule has 36 heavy (non-hydrogen) atoms. The number of thiazole rings is 1. The second kappa shape index (κ2) is 8.63. The maximum atomic E-state index is 5.21. The topological polar surface area (TPSA) is 16.1 Å². The zero-order chi connectivity index (χ0) is 23.9. The first kappa shape index (κ1) is 20.9. The normalized spacial score (nSPS) is 11.3. The fraction of sp³-hybridized carbons (Fsp3) is 0. The second-order valence-corrected chi connectivity index (χ2v) is 9.84. The van der Waals surface area contributed by atoms with E-state index in [2.05, 4.69) is 138 Å². The average Bonchev–Trinajstić information content (AvgIpc) is 3.41. The van der Waals surface area contributed by atoms with E-state index in [4.69, 9.17) is 4.98 Å². The molecule has 6 aromatic carbocycles. The summed E-state index contributed by atoms with van der Waals surface area (Å²) in [6.45, 7) is 0. The van der Waals surface area contributed by atoms with Gasteiger partial charge in [-0.05, 0) is 47.2 Å². The lowest BCUT2D eigenvalue weighted by molar-refractivity contribution is 1.29. The number of rotatable bonds is 4. The lowest BCUT2D eigenvalue weighted by Gasteiger charge is -2.25. The van der Waals surface area contributed by atoms with Gasteiger partial charge in [-0.2, -0.15) is 0 Å². The number of hydrogen-bond acceptors (Lipinski definition) is 3. The maximum absolute atomic E-state index is 5.21. The van der Waals surface area contributed by atoms with Gasteiger partial charge in [-0.25, -0.2) is 4.98 Å². The van der Waals surface area contributed by atoms with Gasteiger partial charge in [0.15, 0.2) is 0 Å². The van der Waals surface area contributed by atoms with Crippen LogP contribution in [0.1, 0.15) is 0 Å². The van der Waals surface area contributed by atoms with Gasteiger partial charge >= 0.3 is 0 Å². The van der Waals surface area contributed by atoms with Gasteiger partial charge < -0.3 is 4.90 Å². The minimum Gasteiger partial charge on any atom is -0.310 e. The molecule has 0 bridgehead atoms. The molecule has 170 valence electrons. The molecule has 7 rings (SSSR count). The third-order valence-electron chi connectivity index (χ3n) is 6.66. The fourth-order valence-corrected chi connectivity index (χ4v) is 6.13. The van der Waals surface area contributed by atoms with Crippen molar-refractivity contribution in [2.75, 3.05) is 4.90 Å². The zero-order valence-electron chi connectivity index (χ0n) is 19.5. The van der Waals surface area contributed by atoms with Crippen LogP contribution in [0.25, 0.3) is 42.3 Å². The predicted molar refractivity (Wildman–Crippen MR) is 155 cm³/mol. The van der Waals surface area contributed by atoms with E-state index in [1.165, 1.54) is 26.2 Å². The monoisotopic (exact) mass is 478 g/mol. The Bertz CT molecular complexity index is 1790. The van der Waals surface area contributed by atoms with Gasteiger partial charge in [0, 0.05) is 33.4 Å². The Hall–Kier alpha value is -4.47. The van der Waals surface area contributed by atoms with E-state index in [1.54, 1.807) is 11.3 Å². The van der Waals surface area contributed by atoms with Crippen molar-refractivity contribution in [2.24, 2.45) is 0 Å². The molecule has 7 aromatic rings. The molecule has 2 nitrogen and oxygen atoms in total. The minimum absolute atomic E-state index is 1.05. The van der Waals surface area contributed by atoms with Crippen LogP contribution in [0.3, 0.4) is 0 Å². The van der Waals surface area contributed by atoms with Crippen LogP contribution in [0.15, 0.2) is 133 Å². The quantitative estimate of drug-likeness (QED) is 0.234. The molecule has 0 aliphatic rings. The maximum Gasteiger partial charge on any atom is 0.124 e. The summed E-state index contributed by atoms with van der Waals surface area (Å²) in [5, 5.41) is 5.98. The molecule has 0 aliphatic heterocycles. The number of hydrogen-bond donors (Lipinski definition) is 0. The minimum atomic E-state index is 1.05. The molecule has 0 atom stereocenters. The van der Waals surface area contributed by atoms with Crippen LogP contribution in [0.2, 0.25) is 0 Å². The fourth-order valence-electron chi connectivity index (χ4n) is 5.01. The highest BCUT2D eigenvalue weighted by atomic mass is 32.1. The number of nitrogens with zero attached hydrogens (tertiary/aromatic N) is 2. The molecule has 0 saturated carbocycles. The first-order valence-electron chi connectivity index (χ1n) is 12.1. The summed E-state index contributed by atoms with van der Waals surface area (Å²) in [6.07, 6.45) is 0. The highest BCUT2D eigenvalue weighted by molar-refractivity contribution is 7.22. The van der Waals surface area contributed by atoms with Crippen LogP contribution in [0.5, 0.6) is 0 Å². The molecular formula is C33H22N2S. The first-order valence-corrected chi connectivity index (χ1v) is 12.9. The highest BCUT2D eigenvalue weighted by Crippen LogP contribution is 2.43. The predicted octanol–water partition coefficient (Wildman–Crippen LogP) is 9.74. The molecule has 1 aromatic heterocycles. The largest absolute Gasteiger partial charge is 0.310 e. The van der Waals surface area contributed by atoms with Crippen molar-refractivity contribution in [1.82, 2.24) is 4.98 Å². The third-order valence-corrected chi connectivity index (χ3v) is 7.79. The standard InChI is InChI=1S/C33H22N2S/c1-4-12-23(13-5-1)33-34-31-30-22-26(20-21-28(30)27-18-10-11-19-29(27)32(31)36-33)35(24-14-6-2-7-15-24)25-16-8-3-9-17-25/h1-22H. The summed E-state index contributed by atoms with van der Waals surface area (Å²) < 4.78 is 1.24. The lowest BCUT2D eigenvalue weighted by atomic mass is 10.00. The van der Waals surface area contributed by atoms with Crippen molar-refractivity contribution >= 4 is 60.2 Å². The molecule has 0 fully saturated rings. The Morgan fingerprint density at radius 3 is 1.69 bits per heavy atom. The van der Waals surface area contributed by atoms with Crippen LogP contribution < -0.4 is 4.90 Å². The SMILES string of the molecule is c1ccc(-c2nc3c4cc(N(c5ccccc5)c5ccccc5)ccc4c4ccccc4c3s2)cc1. The highest BCUT2D eigenvalue weighted by Gasteiger charge is 2.17. The van der Waals surface area contributed by atoms with Gasteiger partial charge in [0.2, 0.25) is 0 Å². The number of para-hydroxylation sites is 2. The van der Waals surface area contributed by atoms with Crippen LogP contribution in [0.4, 0.5) is 17.1 Å². The van der Waals surface area contributed by atoms with Crippen molar-refractivity contribution in [3.05, 3.63) is 133 Å². The summed E-state index contributed by atoms with van der Waals surface area (Å²) in [7, 11) is 0. The Kier molecular flexibility index (Phi) is 5.00. The van der Waals surface area contributed by atoms with Crippen molar-refractivity contribution in [3.63, 3.8) is 0 Å². The molecule has 0 N–H and O–H groups in total. The molecule has 0 aliphatic carbocycles.